The predicted molar refractivity (Wildman–Crippen MR) is 80.5 cm³/mol. The average Bonchev–Trinajstić information content (AvgIpc) is 2.49. The number of hydrogen-bond donors (Lipinski definition) is 2. The first-order chi connectivity index (χ1) is 10.1. The molecule has 0 unspecified atom stereocenters. The van der Waals surface area contributed by atoms with Crippen molar-refractivity contribution >= 4 is 28.1 Å². The third-order valence-corrected chi connectivity index (χ3v) is 3.13. The molecule has 2 aromatic carbocycles. The van der Waals surface area contributed by atoms with Crippen LogP contribution in [0.4, 0.5) is 15.8 Å². The number of nitrogens with two attached hydrogens (primary N) is 1. The van der Waals surface area contributed by atoms with Gasteiger partial charge in [-0.3, -0.25) is 9.78 Å². The molecule has 0 fully saturated rings. The molecule has 21 heavy (non-hydrogen) atoms. The number of halogens is 1. The van der Waals surface area contributed by atoms with E-state index in [-0.39, 0.29) is 11.4 Å². The highest BCUT2D eigenvalue weighted by atomic mass is 19.1. The monoisotopic (exact) mass is 281 g/mol. The number of rotatable bonds is 2. The minimum absolute atomic E-state index is 0.0731. The molecule has 0 saturated heterocycles. The van der Waals surface area contributed by atoms with Crippen molar-refractivity contribution in [2.24, 2.45) is 0 Å². The summed E-state index contributed by atoms with van der Waals surface area (Å²) in [5, 5.41) is 4.13. The average molecular weight is 281 g/mol. The largest absolute Gasteiger partial charge is 0.399 e. The normalized spacial score (nSPS) is 10.5. The Kier molecular flexibility index (Phi) is 3.23. The second kappa shape index (κ2) is 5.20. The maximum Gasteiger partial charge on any atom is 0.274 e. The van der Waals surface area contributed by atoms with Crippen molar-refractivity contribution in [3.63, 3.8) is 0 Å². The molecular weight excluding hydrogens is 269 g/mol. The Morgan fingerprint density at radius 3 is 2.76 bits per heavy atom. The van der Waals surface area contributed by atoms with Crippen LogP contribution in [0.2, 0.25) is 0 Å². The summed E-state index contributed by atoms with van der Waals surface area (Å²) in [7, 11) is 0. The van der Waals surface area contributed by atoms with Gasteiger partial charge in [-0.15, -0.1) is 0 Å². The van der Waals surface area contributed by atoms with E-state index in [0.717, 1.165) is 11.5 Å². The van der Waals surface area contributed by atoms with Crippen LogP contribution in [-0.2, 0) is 0 Å². The number of pyridine rings is 1. The Balaban J connectivity index is 1.97. The lowest BCUT2D eigenvalue weighted by atomic mass is 10.1. The third-order valence-electron chi connectivity index (χ3n) is 3.13. The lowest BCUT2D eigenvalue weighted by molar-refractivity contribution is 0.102. The van der Waals surface area contributed by atoms with Crippen molar-refractivity contribution in [3.05, 3.63) is 66.2 Å². The van der Waals surface area contributed by atoms with Gasteiger partial charge in [0.25, 0.3) is 5.91 Å². The Bertz CT molecular complexity index is 827. The van der Waals surface area contributed by atoms with Gasteiger partial charge in [0, 0.05) is 17.3 Å². The van der Waals surface area contributed by atoms with Gasteiger partial charge in [0.2, 0.25) is 0 Å². The van der Waals surface area contributed by atoms with Crippen LogP contribution >= 0.6 is 0 Å². The molecule has 3 N–H and O–H groups in total. The van der Waals surface area contributed by atoms with E-state index >= 15 is 0 Å². The molecule has 104 valence electrons. The van der Waals surface area contributed by atoms with Crippen LogP contribution in [0.25, 0.3) is 10.8 Å². The Hall–Kier alpha value is -2.95. The minimum atomic E-state index is -0.580. The molecule has 1 heterocycles. The van der Waals surface area contributed by atoms with Crippen LogP contribution in [0.5, 0.6) is 0 Å². The van der Waals surface area contributed by atoms with Gasteiger partial charge in [-0.25, -0.2) is 4.39 Å². The van der Waals surface area contributed by atoms with E-state index in [1.807, 2.05) is 24.3 Å². The number of carbonyl (C=O) groups excluding carboxylic acids is 1. The van der Waals surface area contributed by atoms with Crippen molar-refractivity contribution < 1.29 is 9.18 Å². The summed E-state index contributed by atoms with van der Waals surface area (Å²) in [5.41, 5.74) is 6.11. The zero-order valence-electron chi connectivity index (χ0n) is 11.0. The number of nitrogens with one attached hydrogen (secondary N) is 1. The smallest absolute Gasteiger partial charge is 0.274 e. The molecule has 0 bridgehead atoms. The Morgan fingerprint density at radius 1 is 1.14 bits per heavy atom. The quantitative estimate of drug-likeness (QED) is 0.709. The summed E-state index contributed by atoms with van der Waals surface area (Å²) in [5.74, 6) is -1.04. The Labute approximate surface area is 120 Å². The van der Waals surface area contributed by atoms with Gasteiger partial charge in [0.15, 0.2) is 0 Å². The van der Waals surface area contributed by atoms with Gasteiger partial charge in [0.1, 0.15) is 11.5 Å². The van der Waals surface area contributed by atoms with E-state index in [4.69, 9.17) is 5.73 Å². The van der Waals surface area contributed by atoms with Gasteiger partial charge in [0.05, 0.1) is 5.69 Å². The van der Waals surface area contributed by atoms with Crippen LogP contribution in [0.1, 0.15) is 10.5 Å². The predicted octanol–water partition coefficient (Wildman–Crippen LogP) is 3.21. The first-order valence-corrected chi connectivity index (χ1v) is 6.35. The Morgan fingerprint density at radius 2 is 1.95 bits per heavy atom. The van der Waals surface area contributed by atoms with Crippen molar-refractivity contribution in [3.8, 4) is 0 Å². The van der Waals surface area contributed by atoms with E-state index < -0.39 is 11.7 Å². The molecule has 0 radical (unpaired) electrons. The highest BCUT2D eigenvalue weighted by Gasteiger charge is 2.13. The highest BCUT2D eigenvalue weighted by Crippen LogP contribution is 2.20. The van der Waals surface area contributed by atoms with Crippen LogP contribution in [0.3, 0.4) is 0 Å². The number of nitrogen functional groups attached to an aromatic ring is 1. The fourth-order valence-corrected chi connectivity index (χ4v) is 2.11. The first kappa shape index (κ1) is 13.1. The molecule has 3 rings (SSSR count). The molecule has 0 spiro atoms. The maximum absolute atomic E-state index is 13.7. The van der Waals surface area contributed by atoms with Crippen molar-refractivity contribution in [1.82, 2.24) is 4.98 Å². The molecule has 0 aliphatic heterocycles. The maximum atomic E-state index is 13.7. The van der Waals surface area contributed by atoms with E-state index in [1.54, 1.807) is 12.3 Å². The van der Waals surface area contributed by atoms with E-state index in [9.17, 15) is 9.18 Å². The molecule has 3 aromatic rings. The van der Waals surface area contributed by atoms with Crippen LogP contribution in [-0.4, -0.2) is 10.9 Å². The summed E-state index contributed by atoms with van der Waals surface area (Å²) in [6, 6.07) is 13.3. The number of fused-ring (bicyclic) bond motifs is 1. The summed E-state index contributed by atoms with van der Waals surface area (Å²) in [6.45, 7) is 0. The molecule has 4 nitrogen and oxygen atoms in total. The van der Waals surface area contributed by atoms with Crippen molar-refractivity contribution in [2.45, 2.75) is 0 Å². The van der Waals surface area contributed by atoms with E-state index in [1.165, 1.54) is 12.1 Å². The van der Waals surface area contributed by atoms with Crippen molar-refractivity contribution in [1.29, 1.82) is 0 Å². The molecule has 0 saturated carbocycles. The summed E-state index contributed by atoms with van der Waals surface area (Å²) < 4.78 is 13.7. The lowest BCUT2D eigenvalue weighted by Crippen LogP contribution is -2.15. The fourth-order valence-electron chi connectivity index (χ4n) is 2.11. The summed E-state index contributed by atoms with van der Waals surface area (Å²) >= 11 is 0. The third kappa shape index (κ3) is 2.53. The van der Waals surface area contributed by atoms with Crippen LogP contribution in [0.15, 0.2) is 54.7 Å². The standard InChI is InChI=1S/C16H12FN3O/c17-13-9-11(18)5-6-14(13)20-16(21)15-12-4-2-1-3-10(12)7-8-19-15/h1-9H,18H2,(H,20,21). The number of carbonyl (C=O) groups is 1. The van der Waals surface area contributed by atoms with Gasteiger partial charge < -0.3 is 11.1 Å². The number of benzene rings is 2. The first-order valence-electron chi connectivity index (χ1n) is 6.35. The number of anilines is 2. The van der Waals surface area contributed by atoms with Crippen LogP contribution in [0, 0.1) is 5.82 Å². The molecule has 1 amide bonds. The molecule has 0 atom stereocenters. The topological polar surface area (TPSA) is 68.0 Å². The second-order valence-corrected chi connectivity index (χ2v) is 4.57. The van der Waals surface area contributed by atoms with Gasteiger partial charge >= 0.3 is 0 Å². The van der Waals surface area contributed by atoms with E-state index in [2.05, 4.69) is 10.3 Å². The van der Waals surface area contributed by atoms with Gasteiger partial charge in [-0.05, 0) is 29.7 Å². The number of aromatic nitrogens is 1. The minimum Gasteiger partial charge on any atom is -0.399 e. The zero-order valence-corrected chi connectivity index (χ0v) is 11.0. The summed E-state index contributed by atoms with van der Waals surface area (Å²) in [6.07, 6.45) is 1.55. The molecule has 0 aliphatic carbocycles. The molecular formula is C16H12FN3O. The zero-order chi connectivity index (χ0) is 14.8. The van der Waals surface area contributed by atoms with Crippen molar-refractivity contribution in [2.75, 3.05) is 11.1 Å². The number of hydrogen-bond acceptors (Lipinski definition) is 3. The fraction of sp³-hybridized carbons (Fsp3) is 0. The van der Waals surface area contributed by atoms with Gasteiger partial charge in [-0.1, -0.05) is 24.3 Å². The number of nitrogens with zero attached hydrogens (tertiary/aromatic N) is 1. The highest BCUT2D eigenvalue weighted by molar-refractivity contribution is 6.11. The summed E-state index contributed by atoms with van der Waals surface area (Å²) in [4.78, 5) is 16.4. The van der Waals surface area contributed by atoms with Gasteiger partial charge in [-0.2, -0.15) is 0 Å². The van der Waals surface area contributed by atoms with Crippen LogP contribution < -0.4 is 11.1 Å². The SMILES string of the molecule is Nc1ccc(NC(=O)c2nccc3ccccc23)c(F)c1. The van der Waals surface area contributed by atoms with E-state index in [0.29, 0.717) is 11.1 Å². The number of amides is 1. The second-order valence-electron chi connectivity index (χ2n) is 4.57. The molecule has 0 aliphatic rings. The lowest BCUT2D eigenvalue weighted by Gasteiger charge is -2.08. The molecule has 5 heteroatoms. The molecule has 1 aromatic heterocycles.